The summed E-state index contributed by atoms with van der Waals surface area (Å²) in [5.41, 5.74) is 1.01. The molecule has 0 aliphatic carbocycles. The van der Waals surface area contributed by atoms with Crippen LogP contribution in [0.5, 0.6) is 0 Å². The van der Waals surface area contributed by atoms with Gasteiger partial charge in [-0.05, 0) is 13.8 Å². The van der Waals surface area contributed by atoms with Gasteiger partial charge in [0.25, 0.3) is 0 Å². The number of rotatable bonds is 3. The summed E-state index contributed by atoms with van der Waals surface area (Å²) in [5.74, 6) is 4.09. The summed E-state index contributed by atoms with van der Waals surface area (Å²) < 4.78 is 4.44. The average Bonchev–Trinajstić information content (AvgIpc) is 3.34. The molecule has 0 fully saturated rings. The van der Waals surface area contributed by atoms with Gasteiger partial charge in [-0.1, -0.05) is 0 Å². The topological polar surface area (TPSA) is 67.9 Å². The van der Waals surface area contributed by atoms with Crippen molar-refractivity contribution in [2.75, 3.05) is 18.0 Å². The van der Waals surface area contributed by atoms with E-state index >= 15 is 0 Å². The second-order valence-electron chi connectivity index (χ2n) is 7.37. The van der Waals surface area contributed by atoms with Crippen LogP contribution in [-0.4, -0.2) is 47.1 Å². The molecule has 1 atom stereocenters. The second-order valence-corrected chi connectivity index (χ2v) is 7.37. The minimum Gasteiger partial charge on any atom is -0.347 e. The third kappa shape index (κ3) is 2.99. The Morgan fingerprint density at radius 2 is 1.59 bits per heavy atom. The van der Waals surface area contributed by atoms with Gasteiger partial charge >= 0.3 is 0 Å². The van der Waals surface area contributed by atoms with E-state index in [2.05, 4.69) is 55.0 Å². The lowest BCUT2D eigenvalue weighted by Gasteiger charge is -2.33. The Morgan fingerprint density at radius 1 is 0.889 bits per heavy atom. The van der Waals surface area contributed by atoms with Crippen molar-refractivity contribution in [1.82, 2.24) is 34.0 Å². The van der Waals surface area contributed by atoms with E-state index in [0.29, 0.717) is 0 Å². The molecule has 0 spiro atoms. The molecule has 27 heavy (non-hydrogen) atoms. The maximum absolute atomic E-state index is 4.94. The van der Waals surface area contributed by atoms with Crippen LogP contribution >= 0.6 is 0 Å². The Kier molecular flexibility index (Phi) is 3.93. The Morgan fingerprint density at radius 3 is 2.37 bits per heavy atom. The summed E-state index contributed by atoms with van der Waals surface area (Å²) in [6.07, 6.45) is 7.85. The van der Waals surface area contributed by atoms with Gasteiger partial charge in [-0.2, -0.15) is 0 Å². The van der Waals surface area contributed by atoms with Crippen molar-refractivity contribution in [2.45, 2.75) is 46.1 Å². The molecule has 3 aromatic heterocycles. The fraction of sp³-hybridized carbons (Fsp3) is 0.474. The zero-order valence-electron chi connectivity index (χ0n) is 15.8. The molecule has 8 nitrogen and oxygen atoms in total. The number of hydrogen-bond donors (Lipinski definition) is 0. The maximum atomic E-state index is 4.94. The highest BCUT2D eigenvalue weighted by atomic mass is 15.3. The van der Waals surface area contributed by atoms with Gasteiger partial charge in [-0.25, -0.2) is 19.9 Å². The third-order valence-corrected chi connectivity index (χ3v) is 5.62. The van der Waals surface area contributed by atoms with Crippen molar-refractivity contribution in [3.63, 3.8) is 0 Å². The number of aromatic nitrogens is 6. The van der Waals surface area contributed by atoms with Crippen molar-refractivity contribution in [3.8, 4) is 0 Å². The van der Waals surface area contributed by atoms with Crippen LogP contribution in [0.1, 0.15) is 36.1 Å². The fourth-order valence-corrected chi connectivity index (χ4v) is 3.98. The normalized spacial score (nSPS) is 18.2. The lowest BCUT2D eigenvalue weighted by molar-refractivity contribution is 0.157. The van der Waals surface area contributed by atoms with Gasteiger partial charge in [-0.15, -0.1) is 0 Å². The molecular formula is C19H24N8. The van der Waals surface area contributed by atoms with Gasteiger partial charge < -0.3 is 14.0 Å². The lowest BCUT2D eigenvalue weighted by atomic mass is 10.2. The third-order valence-electron chi connectivity index (χ3n) is 5.62. The minimum atomic E-state index is 0.154. The average molecular weight is 364 g/mol. The van der Waals surface area contributed by atoms with Crippen molar-refractivity contribution in [1.29, 1.82) is 0 Å². The number of hydrogen-bond acceptors (Lipinski definition) is 6. The molecule has 5 heterocycles. The molecule has 0 radical (unpaired) electrons. The zero-order valence-corrected chi connectivity index (χ0v) is 15.8. The van der Waals surface area contributed by atoms with Gasteiger partial charge in [0, 0.05) is 62.7 Å². The molecule has 0 bridgehead atoms. The largest absolute Gasteiger partial charge is 0.347 e. The monoisotopic (exact) mass is 364 g/mol. The van der Waals surface area contributed by atoms with E-state index in [0.717, 1.165) is 68.3 Å². The minimum absolute atomic E-state index is 0.154. The Bertz CT molecular complexity index is 958. The molecule has 1 unspecified atom stereocenters. The van der Waals surface area contributed by atoms with Crippen LogP contribution in [0.2, 0.25) is 0 Å². The number of anilines is 1. The maximum Gasteiger partial charge on any atom is 0.147 e. The molecule has 5 rings (SSSR count). The van der Waals surface area contributed by atoms with E-state index in [1.807, 2.05) is 18.6 Å². The van der Waals surface area contributed by atoms with Crippen LogP contribution in [0, 0.1) is 6.92 Å². The van der Waals surface area contributed by atoms with Crippen LogP contribution in [0.25, 0.3) is 0 Å². The quantitative estimate of drug-likeness (QED) is 0.706. The molecule has 0 amide bonds. The highest BCUT2D eigenvalue weighted by molar-refractivity contribution is 5.41. The lowest BCUT2D eigenvalue weighted by Crippen LogP contribution is -2.37. The predicted octanol–water partition coefficient (Wildman–Crippen LogP) is 1.78. The van der Waals surface area contributed by atoms with Gasteiger partial charge in [0.15, 0.2) is 0 Å². The Balaban J connectivity index is 1.39. The van der Waals surface area contributed by atoms with E-state index in [1.54, 1.807) is 0 Å². The number of nitrogens with zero attached hydrogens (tertiary/aromatic N) is 8. The SMILES string of the molecule is Cc1cc(N2CCn3ccnc3C2)nc(C(C)N2CCn3ccnc3C2)n1. The molecule has 0 saturated carbocycles. The standard InChI is InChI=1S/C19H24N8/c1-14-11-16(27-10-8-25-6-4-21-18(25)13-27)23-19(22-14)15(2)26-9-7-24-5-3-20-17(24)12-26/h3-6,11,15H,7-10,12-13H2,1-2H3. The van der Waals surface area contributed by atoms with Gasteiger partial charge in [-0.3, -0.25) is 4.90 Å². The molecule has 0 saturated heterocycles. The Hall–Kier alpha value is -2.74. The molecular weight excluding hydrogens is 340 g/mol. The highest BCUT2D eigenvalue weighted by Gasteiger charge is 2.25. The first-order chi connectivity index (χ1) is 13.2. The molecule has 8 heteroatoms. The summed E-state index contributed by atoms with van der Waals surface area (Å²) in [6, 6.07) is 2.23. The van der Waals surface area contributed by atoms with Crippen molar-refractivity contribution >= 4 is 5.82 Å². The summed E-state index contributed by atoms with van der Waals surface area (Å²) >= 11 is 0. The summed E-state index contributed by atoms with van der Waals surface area (Å²) in [6.45, 7) is 9.70. The van der Waals surface area contributed by atoms with Crippen LogP contribution in [0.4, 0.5) is 5.82 Å². The first kappa shape index (κ1) is 16.4. The Labute approximate surface area is 158 Å². The van der Waals surface area contributed by atoms with Gasteiger partial charge in [0.2, 0.25) is 0 Å². The van der Waals surface area contributed by atoms with E-state index in [9.17, 15) is 0 Å². The second kappa shape index (κ2) is 6.45. The van der Waals surface area contributed by atoms with Crippen LogP contribution < -0.4 is 4.90 Å². The van der Waals surface area contributed by atoms with E-state index in [-0.39, 0.29) is 6.04 Å². The first-order valence-corrected chi connectivity index (χ1v) is 9.52. The van der Waals surface area contributed by atoms with Crippen molar-refractivity contribution in [2.24, 2.45) is 0 Å². The van der Waals surface area contributed by atoms with Crippen LogP contribution in [0.15, 0.2) is 30.9 Å². The predicted molar refractivity (Wildman–Crippen MR) is 101 cm³/mol. The summed E-state index contributed by atoms with van der Waals surface area (Å²) in [7, 11) is 0. The van der Waals surface area contributed by atoms with E-state index in [4.69, 9.17) is 9.97 Å². The van der Waals surface area contributed by atoms with Crippen molar-refractivity contribution < 1.29 is 0 Å². The molecule has 2 aliphatic rings. The summed E-state index contributed by atoms with van der Waals surface area (Å²) in [4.78, 5) is 23.3. The highest BCUT2D eigenvalue weighted by Crippen LogP contribution is 2.25. The number of aryl methyl sites for hydroxylation is 1. The van der Waals surface area contributed by atoms with E-state index in [1.165, 1.54) is 0 Å². The fourth-order valence-electron chi connectivity index (χ4n) is 3.98. The molecule has 3 aromatic rings. The number of fused-ring (bicyclic) bond motifs is 2. The molecule has 0 aromatic carbocycles. The molecule has 2 aliphatic heterocycles. The first-order valence-electron chi connectivity index (χ1n) is 9.52. The smallest absolute Gasteiger partial charge is 0.147 e. The van der Waals surface area contributed by atoms with Crippen LogP contribution in [0.3, 0.4) is 0 Å². The summed E-state index contributed by atoms with van der Waals surface area (Å²) in [5, 5.41) is 0. The number of imidazole rings is 2. The van der Waals surface area contributed by atoms with Crippen molar-refractivity contribution in [3.05, 3.63) is 54.0 Å². The van der Waals surface area contributed by atoms with Crippen LogP contribution in [-0.2, 0) is 26.2 Å². The van der Waals surface area contributed by atoms with E-state index < -0.39 is 0 Å². The zero-order chi connectivity index (χ0) is 18.4. The van der Waals surface area contributed by atoms with Gasteiger partial charge in [0.05, 0.1) is 19.1 Å². The molecule has 0 N–H and O–H groups in total. The van der Waals surface area contributed by atoms with Gasteiger partial charge in [0.1, 0.15) is 23.3 Å². The molecule has 140 valence electrons.